The summed E-state index contributed by atoms with van der Waals surface area (Å²) in [5, 5.41) is 22.0. The van der Waals surface area contributed by atoms with Crippen LogP contribution in [0.4, 0.5) is 5.69 Å². The lowest BCUT2D eigenvalue weighted by atomic mass is 10.0. The molecule has 0 unspecified atom stereocenters. The zero-order valence-electron chi connectivity index (χ0n) is 16.9. The number of fused-ring (bicyclic) bond motifs is 3. The Labute approximate surface area is 178 Å². The van der Waals surface area contributed by atoms with Crippen molar-refractivity contribution >= 4 is 51.2 Å². The molecular weight excluding hydrogens is 390 g/mol. The van der Waals surface area contributed by atoms with E-state index in [9.17, 15) is 14.7 Å². The number of rotatable bonds is 6. The van der Waals surface area contributed by atoms with Gasteiger partial charge >= 0.3 is 5.97 Å². The van der Waals surface area contributed by atoms with Crippen LogP contribution in [0, 0.1) is 5.41 Å². The number of benzene rings is 3. The lowest BCUT2D eigenvalue weighted by Gasteiger charge is -2.09. The molecule has 31 heavy (non-hydrogen) atoms. The molecule has 3 N–H and O–H groups in total. The van der Waals surface area contributed by atoms with Crippen molar-refractivity contribution < 1.29 is 14.7 Å². The Kier molecular flexibility index (Phi) is 5.37. The maximum absolute atomic E-state index is 12.8. The number of para-hydroxylation sites is 2. The molecule has 0 aliphatic heterocycles. The summed E-state index contributed by atoms with van der Waals surface area (Å²) in [6, 6.07) is 22.5. The highest BCUT2D eigenvalue weighted by Crippen LogP contribution is 2.30. The van der Waals surface area contributed by atoms with Gasteiger partial charge < -0.3 is 15.0 Å². The van der Waals surface area contributed by atoms with E-state index in [-0.39, 0.29) is 5.57 Å². The molecule has 3 aromatic carbocycles. The highest BCUT2D eigenvalue weighted by Gasteiger charge is 2.21. The summed E-state index contributed by atoms with van der Waals surface area (Å²) in [7, 11) is 0. The third kappa shape index (κ3) is 3.83. The van der Waals surface area contributed by atoms with Crippen molar-refractivity contribution in [3.8, 4) is 0 Å². The fourth-order valence-corrected chi connectivity index (χ4v) is 3.75. The van der Waals surface area contributed by atoms with E-state index in [1.54, 1.807) is 24.3 Å². The molecule has 4 rings (SSSR count). The number of aliphatic carboxylic acids is 1. The second-order valence-corrected chi connectivity index (χ2v) is 7.10. The van der Waals surface area contributed by atoms with Crippen LogP contribution < -0.4 is 5.32 Å². The average molecular weight is 411 g/mol. The number of nitrogens with one attached hydrogen (secondary N) is 2. The van der Waals surface area contributed by atoms with Crippen LogP contribution in [0.1, 0.15) is 12.5 Å². The van der Waals surface area contributed by atoms with Crippen LogP contribution in [0.25, 0.3) is 27.9 Å². The number of amides is 1. The third-order valence-electron chi connectivity index (χ3n) is 5.18. The van der Waals surface area contributed by atoms with Crippen LogP contribution in [-0.4, -0.2) is 27.3 Å². The summed E-state index contributed by atoms with van der Waals surface area (Å²) in [6.45, 7) is 2.90. The average Bonchev–Trinajstić information content (AvgIpc) is 3.10. The number of aromatic nitrogens is 1. The maximum atomic E-state index is 12.8. The van der Waals surface area contributed by atoms with Gasteiger partial charge in [-0.05, 0) is 48.9 Å². The fourth-order valence-electron chi connectivity index (χ4n) is 3.75. The first kappa shape index (κ1) is 20.1. The van der Waals surface area contributed by atoms with Gasteiger partial charge in [0, 0.05) is 34.0 Å². The van der Waals surface area contributed by atoms with Crippen molar-refractivity contribution in [3.05, 3.63) is 83.9 Å². The second-order valence-electron chi connectivity index (χ2n) is 7.10. The quantitative estimate of drug-likeness (QED) is 0.310. The van der Waals surface area contributed by atoms with Gasteiger partial charge in [0.25, 0.3) is 5.91 Å². The molecule has 0 aliphatic rings. The van der Waals surface area contributed by atoms with Crippen molar-refractivity contribution in [2.75, 3.05) is 5.32 Å². The molecule has 0 bridgehead atoms. The summed E-state index contributed by atoms with van der Waals surface area (Å²) in [5.74, 6) is -2.10. The standard InChI is InChI=1S/C25H21N3O3/c1-2-28-21-11-7-6-10-18(21)19-14-16(12-13-22(19)28)15-20(23(26)25(30)31)24(29)27-17-8-4-3-5-9-17/h3-15,26H,2H2,1H3,(H,27,29)(H,30,31)/b20-15-,26-23?. The van der Waals surface area contributed by atoms with E-state index in [4.69, 9.17) is 5.41 Å². The van der Waals surface area contributed by atoms with Crippen LogP contribution in [-0.2, 0) is 16.1 Å². The number of nitrogens with zero attached hydrogens (tertiary/aromatic N) is 1. The summed E-state index contributed by atoms with van der Waals surface area (Å²) < 4.78 is 2.21. The summed E-state index contributed by atoms with van der Waals surface area (Å²) >= 11 is 0. The minimum Gasteiger partial charge on any atom is -0.477 e. The largest absolute Gasteiger partial charge is 0.477 e. The van der Waals surface area contributed by atoms with Crippen molar-refractivity contribution in [3.63, 3.8) is 0 Å². The zero-order chi connectivity index (χ0) is 22.0. The summed E-state index contributed by atoms with van der Waals surface area (Å²) in [4.78, 5) is 24.3. The number of carbonyl (C=O) groups is 2. The predicted molar refractivity (Wildman–Crippen MR) is 124 cm³/mol. The first-order valence-corrected chi connectivity index (χ1v) is 9.91. The van der Waals surface area contributed by atoms with Crippen LogP contribution in [0.2, 0.25) is 0 Å². The van der Waals surface area contributed by atoms with Crippen LogP contribution in [0.15, 0.2) is 78.4 Å². The lowest BCUT2D eigenvalue weighted by molar-refractivity contribution is -0.129. The Bertz CT molecular complexity index is 1350. The Hall–Kier alpha value is -4.19. The van der Waals surface area contributed by atoms with Gasteiger partial charge in [0.1, 0.15) is 0 Å². The Balaban J connectivity index is 1.81. The number of carboxylic acids is 1. The Morgan fingerprint density at radius 3 is 2.35 bits per heavy atom. The van der Waals surface area contributed by atoms with Crippen molar-refractivity contribution in [1.29, 1.82) is 5.41 Å². The highest BCUT2D eigenvalue weighted by molar-refractivity contribution is 6.50. The van der Waals surface area contributed by atoms with Gasteiger partial charge in [0.15, 0.2) is 5.71 Å². The van der Waals surface area contributed by atoms with E-state index < -0.39 is 17.6 Å². The van der Waals surface area contributed by atoms with E-state index in [1.165, 1.54) is 6.08 Å². The fraction of sp³-hybridized carbons (Fsp3) is 0.0800. The first-order valence-electron chi connectivity index (χ1n) is 9.91. The number of carbonyl (C=O) groups excluding carboxylic acids is 1. The Morgan fingerprint density at radius 2 is 1.65 bits per heavy atom. The molecule has 6 nitrogen and oxygen atoms in total. The SMILES string of the molecule is CCn1c2ccccc2c2cc(/C=C(/C(=N)C(=O)O)C(=O)Nc3ccccc3)ccc21. The molecule has 154 valence electrons. The molecule has 0 fully saturated rings. The minimum atomic E-state index is -1.46. The first-order chi connectivity index (χ1) is 15.0. The van der Waals surface area contributed by atoms with Gasteiger partial charge in [-0.2, -0.15) is 0 Å². The van der Waals surface area contributed by atoms with E-state index >= 15 is 0 Å². The lowest BCUT2D eigenvalue weighted by Crippen LogP contribution is -2.25. The van der Waals surface area contributed by atoms with Crippen LogP contribution in [0.5, 0.6) is 0 Å². The molecule has 4 aromatic rings. The molecule has 1 heterocycles. The van der Waals surface area contributed by atoms with Gasteiger partial charge in [0.05, 0.1) is 5.57 Å². The molecule has 0 saturated heterocycles. The number of carboxylic acid groups (broad SMARTS) is 1. The normalized spacial score (nSPS) is 11.6. The third-order valence-corrected chi connectivity index (χ3v) is 5.18. The molecule has 1 amide bonds. The predicted octanol–water partition coefficient (Wildman–Crippen LogP) is 4.94. The van der Waals surface area contributed by atoms with Gasteiger partial charge in [0.2, 0.25) is 0 Å². The van der Waals surface area contributed by atoms with Crippen LogP contribution in [0.3, 0.4) is 0 Å². The molecular formula is C25H21N3O3. The molecule has 0 radical (unpaired) electrons. The van der Waals surface area contributed by atoms with Gasteiger partial charge in [-0.1, -0.05) is 42.5 Å². The summed E-state index contributed by atoms with van der Waals surface area (Å²) in [6.07, 6.45) is 1.45. The smallest absolute Gasteiger partial charge is 0.354 e. The van der Waals surface area contributed by atoms with E-state index in [0.717, 1.165) is 28.4 Å². The molecule has 0 aliphatic carbocycles. The van der Waals surface area contributed by atoms with Crippen molar-refractivity contribution in [1.82, 2.24) is 4.57 Å². The molecule has 0 spiro atoms. The molecule has 0 saturated carbocycles. The second kappa shape index (κ2) is 8.28. The Morgan fingerprint density at radius 1 is 0.968 bits per heavy atom. The topological polar surface area (TPSA) is 95.2 Å². The minimum absolute atomic E-state index is 0.213. The number of hydrogen-bond acceptors (Lipinski definition) is 3. The number of anilines is 1. The van der Waals surface area contributed by atoms with Gasteiger partial charge in [-0.3, -0.25) is 10.2 Å². The number of aryl methyl sites for hydroxylation is 1. The van der Waals surface area contributed by atoms with Crippen molar-refractivity contribution in [2.24, 2.45) is 0 Å². The van der Waals surface area contributed by atoms with Gasteiger partial charge in [-0.25, -0.2) is 4.79 Å². The molecule has 0 atom stereocenters. The number of hydrogen-bond donors (Lipinski definition) is 3. The van der Waals surface area contributed by atoms with E-state index in [2.05, 4.69) is 22.9 Å². The van der Waals surface area contributed by atoms with E-state index in [0.29, 0.717) is 11.3 Å². The monoisotopic (exact) mass is 411 g/mol. The molecule has 6 heteroatoms. The highest BCUT2D eigenvalue weighted by atomic mass is 16.4. The maximum Gasteiger partial charge on any atom is 0.354 e. The van der Waals surface area contributed by atoms with Gasteiger partial charge in [-0.15, -0.1) is 0 Å². The van der Waals surface area contributed by atoms with E-state index in [1.807, 2.05) is 42.5 Å². The van der Waals surface area contributed by atoms with Crippen LogP contribution >= 0.6 is 0 Å². The summed E-state index contributed by atoms with van der Waals surface area (Å²) in [5.41, 5.74) is 2.37. The van der Waals surface area contributed by atoms with Crippen molar-refractivity contribution in [2.45, 2.75) is 13.5 Å². The zero-order valence-corrected chi connectivity index (χ0v) is 16.9. The molecule has 1 aromatic heterocycles.